The molecule has 0 spiro atoms. The molecule has 2 rings (SSSR count). The molecule has 0 unspecified atom stereocenters. The molecule has 0 saturated heterocycles. The molecule has 1 amide bonds. The maximum atomic E-state index is 11.9. The van der Waals surface area contributed by atoms with Gasteiger partial charge in [-0.3, -0.25) is 4.79 Å². The van der Waals surface area contributed by atoms with Crippen molar-refractivity contribution < 1.29 is 4.79 Å². The zero-order valence-electron chi connectivity index (χ0n) is 10.9. The third kappa shape index (κ3) is 2.87. The fourth-order valence-corrected chi connectivity index (χ4v) is 2.22. The van der Waals surface area contributed by atoms with Gasteiger partial charge in [0.25, 0.3) is 0 Å². The van der Waals surface area contributed by atoms with E-state index in [1.807, 2.05) is 20.8 Å². The van der Waals surface area contributed by atoms with E-state index in [1.165, 1.54) is 11.1 Å². The normalized spacial score (nSPS) is 19.6. The van der Waals surface area contributed by atoms with Crippen LogP contribution >= 0.6 is 0 Å². The number of hydrogen-bond acceptors (Lipinski definition) is 1. The summed E-state index contributed by atoms with van der Waals surface area (Å²) in [6, 6.07) is 8.83. The molecule has 1 aromatic rings. The average Bonchev–Trinajstić information content (AvgIpc) is 2.27. The van der Waals surface area contributed by atoms with Crippen molar-refractivity contribution in [1.29, 1.82) is 0 Å². The van der Waals surface area contributed by atoms with Crippen molar-refractivity contribution in [2.24, 2.45) is 5.41 Å². The van der Waals surface area contributed by atoms with Crippen LogP contribution in [0.15, 0.2) is 24.3 Å². The van der Waals surface area contributed by atoms with Crippen LogP contribution in [0, 0.1) is 5.41 Å². The van der Waals surface area contributed by atoms with Gasteiger partial charge in [0.1, 0.15) is 0 Å². The molecule has 1 aliphatic carbocycles. The molecule has 2 nitrogen and oxygen atoms in total. The Hall–Kier alpha value is -1.31. The largest absolute Gasteiger partial charge is 0.353 e. The van der Waals surface area contributed by atoms with Crippen molar-refractivity contribution in [3.8, 4) is 0 Å². The summed E-state index contributed by atoms with van der Waals surface area (Å²) in [6.07, 6.45) is 3.10. The summed E-state index contributed by atoms with van der Waals surface area (Å²) >= 11 is 0. The van der Waals surface area contributed by atoms with Crippen molar-refractivity contribution in [3.05, 3.63) is 35.4 Å². The zero-order valence-corrected chi connectivity index (χ0v) is 10.9. The highest BCUT2D eigenvalue weighted by molar-refractivity contribution is 5.81. The van der Waals surface area contributed by atoms with Gasteiger partial charge in [-0.05, 0) is 30.4 Å². The van der Waals surface area contributed by atoms with Crippen LogP contribution in [-0.2, 0) is 17.6 Å². The van der Waals surface area contributed by atoms with Crippen LogP contribution in [0.3, 0.4) is 0 Å². The van der Waals surface area contributed by atoms with Gasteiger partial charge in [0.15, 0.2) is 0 Å². The first kappa shape index (κ1) is 12.2. The number of rotatable bonds is 1. The quantitative estimate of drug-likeness (QED) is 0.791. The average molecular weight is 231 g/mol. The monoisotopic (exact) mass is 231 g/mol. The minimum absolute atomic E-state index is 0.155. The molecule has 0 radical (unpaired) electrons. The number of benzene rings is 1. The highest BCUT2D eigenvalue weighted by Gasteiger charge is 2.26. The van der Waals surface area contributed by atoms with Gasteiger partial charge in [-0.25, -0.2) is 0 Å². The van der Waals surface area contributed by atoms with Crippen LogP contribution in [0.5, 0.6) is 0 Å². The summed E-state index contributed by atoms with van der Waals surface area (Å²) in [5, 5.41) is 3.16. The molecule has 0 bridgehead atoms. The number of carbonyl (C=O) groups is 1. The minimum atomic E-state index is -0.295. The topological polar surface area (TPSA) is 29.1 Å². The first-order valence-corrected chi connectivity index (χ1v) is 6.34. The predicted octanol–water partition coefficient (Wildman–Crippen LogP) is 2.71. The lowest BCUT2D eigenvalue weighted by Gasteiger charge is -2.28. The summed E-state index contributed by atoms with van der Waals surface area (Å²) in [6.45, 7) is 5.87. The first-order valence-electron chi connectivity index (χ1n) is 6.34. The molecule has 17 heavy (non-hydrogen) atoms. The molecule has 2 heteroatoms. The predicted molar refractivity (Wildman–Crippen MR) is 69.9 cm³/mol. The Kier molecular flexibility index (Phi) is 3.23. The van der Waals surface area contributed by atoms with Crippen LogP contribution in [-0.4, -0.2) is 11.9 Å². The van der Waals surface area contributed by atoms with E-state index in [4.69, 9.17) is 0 Å². The van der Waals surface area contributed by atoms with Crippen molar-refractivity contribution in [2.45, 2.75) is 46.1 Å². The molecule has 1 aromatic carbocycles. The highest BCUT2D eigenvalue weighted by Crippen LogP contribution is 2.22. The molecular weight excluding hydrogens is 210 g/mol. The first-order chi connectivity index (χ1) is 7.97. The summed E-state index contributed by atoms with van der Waals surface area (Å²) < 4.78 is 0. The Labute approximate surface area is 103 Å². The number of amides is 1. The Morgan fingerprint density at radius 1 is 1.24 bits per heavy atom. The second-order valence-electron chi connectivity index (χ2n) is 5.93. The van der Waals surface area contributed by atoms with Crippen molar-refractivity contribution >= 4 is 5.91 Å². The van der Waals surface area contributed by atoms with E-state index in [-0.39, 0.29) is 11.3 Å². The molecule has 92 valence electrons. The Balaban J connectivity index is 2.01. The van der Waals surface area contributed by atoms with Crippen LogP contribution < -0.4 is 5.32 Å². The number of aryl methyl sites for hydroxylation is 1. The third-order valence-electron chi connectivity index (χ3n) is 3.36. The SMILES string of the molecule is CC(C)(C)C(=O)N[C@@H]1CCc2ccccc2C1. The van der Waals surface area contributed by atoms with Gasteiger partial charge in [0, 0.05) is 11.5 Å². The number of carbonyl (C=O) groups excluding carboxylic acids is 1. The van der Waals surface area contributed by atoms with Crippen LogP contribution in [0.25, 0.3) is 0 Å². The lowest BCUT2D eigenvalue weighted by molar-refractivity contribution is -0.129. The maximum absolute atomic E-state index is 11.9. The summed E-state index contributed by atoms with van der Waals surface area (Å²) in [5.41, 5.74) is 2.53. The van der Waals surface area contributed by atoms with Crippen LogP contribution in [0.1, 0.15) is 38.3 Å². The molecule has 1 N–H and O–H groups in total. The number of nitrogens with one attached hydrogen (secondary N) is 1. The van der Waals surface area contributed by atoms with E-state index in [1.54, 1.807) is 0 Å². The second-order valence-corrected chi connectivity index (χ2v) is 5.93. The smallest absolute Gasteiger partial charge is 0.225 e. The van der Waals surface area contributed by atoms with E-state index >= 15 is 0 Å². The number of fused-ring (bicyclic) bond motifs is 1. The van der Waals surface area contributed by atoms with Crippen molar-refractivity contribution in [2.75, 3.05) is 0 Å². The fourth-order valence-electron chi connectivity index (χ4n) is 2.22. The summed E-state index contributed by atoms with van der Waals surface area (Å²) in [4.78, 5) is 11.9. The fraction of sp³-hybridized carbons (Fsp3) is 0.533. The van der Waals surface area contributed by atoms with Gasteiger partial charge in [0.05, 0.1) is 0 Å². The van der Waals surface area contributed by atoms with Crippen LogP contribution in [0.4, 0.5) is 0 Å². The van der Waals surface area contributed by atoms with Crippen molar-refractivity contribution in [3.63, 3.8) is 0 Å². The standard InChI is InChI=1S/C15H21NO/c1-15(2,3)14(17)16-13-9-8-11-6-4-5-7-12(11)10-13/h4-7,13H,8-10H2,1-3H3,(H,16,17)/t13-/m1/s1. The van der Waals surface area contributed by atoms with Crippen LogP contribution in [0.2, 0.25) is 0 Å². The van der Waals surface area contributed by atoms with Gasteiger partial charge >= 0.3 is 0 Å². The third-order valence-corrected chi connectivity index (χ3v) is 3.36. The Morgan fingerprint density at radius 2 is 1.88 bits per heavy atom. The molecule has 1 atom stereocenters. The molecule has 0 heterocycles. The van der Waals surface area contributed by atoms with E-state index in [9.17, 15) is 4.79 Å². The minimum Gasteiger partial charge on any atom is -0.353 e. The van der Waals surface area contributed by atoms with Gasteiger partial charge in [-0.2, -0.15) is 0 Å². The van der Waals surface area contributed by atoms with E-state index in [2.05, 4.69) is 29.6 Å². The summed E-state index contributed by atoms with van der Waals surface area (Å²) in [5.74, 6) is 0.155. The van der Waals surface area contributed by atoms with E-state index in [0.29, 0.717) is 6.04 Å². The molecule has 1 aliphatic rings. The van der Waals surface area contributed by atoms with E-state index < -0.39 is 0 Å². The van der Waals surface area contributed by atoms with Gasteiger partial charge in [-0.15, -0.1) is 0 Å². The number of hydrogen-bond donors (Lipinski definition) is 1. The molecule has 0 fully saturated rings. The van der Waals surface area contributed by atoms with Crippen molar-refractivity contribution in [1.82, 2.24) is 5.32 Å². The summed E-state index contributed by atoms with van der Waals surface area (Å²) in [7, 11) is 0. The molecule has 0 saturated carbocycles. The van der Waals surface area contributed by atoms with E-state index in [0.717, 1.165) is 19.3 Å². The lowest BCUT2D eigenvalue weighted by atomic mass is 9.87. The second kappa shape index (κ2) is 4.52. The van der Waals surface area contributed by atoms with Gasteiger partial charge in [0.2, 0.25) is 5.91 Å². The molecular formula is C15H21NO. The Morgan fingerprint density at radius 3 is 2.53 bits per heavy atom. The van der Waals surface area contributed by atoms with Gasteiger partial charge < -0.3 is 5.32 Å². The molecule has 0 aliphatic heterocycles. The Bertz CT molecular complexity index is 417. The molecule has 0 aromatic heterocycles. The lowest BCUT2D eigenvalue weighted by Crippen LogP contribution is -2.44. The maximum Gasteiger partial charge on any atom is 0.225 e. The highest BCUT2D eigenvalue weighted by atomic mass is 16.2. The zero-order chi connectivity index (χ0) is 12.5. The van der Waals surface area contributed by atoms with Gasteiger partial charge in [-0.1, -0.05) is 45.0 Å².